The molecule has 11 nitrogen and oxygen atoms in total. The second-order valence-electron chi connectivity index (χ2n) is 5.41. The van der Waals surface area contributed by atoms with Gasteiger partial charge in [-0.3, -0.25) is 14.4 Å². The highest BCUT2D eigenvalue weighted by molar-refractivity contribution is 7.98. The highest BCUT2D eigenvalue weighted by Gasteiger charge is 2.30. The van der Waals surface area contributed by atoms with Gasteiger partial charge in [0.1, 0.15) is 12.1 Å². The minimum absolute atomic E-state index is 0.174. The van der Waals surface area contributed by atoms with Crippen LogP contribution >= 0.6 is 11.8 Å². The molecule has 0 saturated heterocycles. The number of aliphatic hydroxyl groups excluding tert-OH is 2. The van der Waals surface area contributed by atoms with Gasteiger partial charge < -0.3 is 37.0 Å². The molecule has 4 atom stereocenters. The molecule has 0 aromatic rings. The van der Waals surface area contributed by atoms with E-state index in [1.807, 2.05) is 0 Å². The standard InChI is InChI=1S/C14H26N4O7S/c1-7(20)11(14(24)25)18-12(22)8(3-4-26-2)17-13(23)9(6-19)16-10(21)5-15/h7-9,11,19-20H,3-6,15H2,1-2H3,(H,16,21)(H,17,23)(H,18,22)(H,24,25). The van der Waals surface area contributed by atoms with E-state index < -0.39 is 54.5 Å². The van der Waals surface area contributed by atoms with Gasteiger partial charge in [0.2, 0.25) is 17.7 Å². The van der Waals surface area contributed by atoms with E-state index in [1.54, 1.807) is 6.26 Å². The van der Waals surface area contributed by atoms with Crippen LogP contribution in [-0.2, 0) is 19.2 Å². The van der Waals surface area contributed by atoms with Crippen molar-refractivity contribution in [3.63, 3.8) is 0 Å². The van der Waals surface area contributed by atoms with Gasteiger partial charge in [0.05, 0.1) is 19.3 Å². The summed E-state index contributed by atoms with van der Waals surface area (Å²) in [5.41, 5.74) is 5.13. The summed E-state index contributed by atoms with van der Waals surface area (Å²) in [4.78, 5) is 46.8. The summed E-state index contributed by atoms with van der Waals surface area (Å²) in [6.45, 7) is 0.118. The van der Waals surface area contributed by atoms with Crippen molar-refractivity contribution >= 4 is 35.5 Å². The van der Waals surface area contributed by atoms with E-state index in [4.69, 9.17) is 10.8 Å². The molecular formula is C14H26N4O7S. The summed E-state index contributed by atoms with van der Waals surface area (Å²) >= 11 is 1.40. The van der Waals surface area contributed by atoms with Crippen molar-refractivity contribution in [1.82, 2.24) is 16.0 Å². The molecule has 3 amide bonds. The average Bonchev–Trinajstić information content (AvgIpc) is 2.59. The molecule has 12 heteroatoms. The van der Waals surface area contributed by atoms with Gasteiger partial charge >= 0.3 is 5.97 Å². The summed E-state index contributed by atoms with van der Waals surface area (Å²) in [5, 5.41) is 34.4. The number of amides is 3. The molecule has 0 aliphatic carbocycles. The number of aliphatic hydroxyl groups is 2. The molecule has 0 bridgehead atoms. The summed E-state index contributed by atoms with van der Waals surface area (Å²) < 4.78 is 0. The van der Waals surface area contributed by atoms with Crippen molar-refractivity contribution in [2.75, 3.05) is 25.2 Å². The van der Waals surface area contributed by atoms with E-state index in [2.05, 4.69) is 16.0 Å². The molecule has 0 aromatic carbocycles. The van der Waals surface area contributed by atoms with Crippen LogP contribution in [-0.4, -0.2) is 88.4 Å². The third kappa shape index (κ3) is 8.47. The third-order valence-electron chi connectivity index (χ3n) is 3.31. The lowest BCUT2D eigenvalue weighted by Crippen LogP contribution is -2.58. The van der Waals surface area contributed by atoms with Crippen molar-refractivity contribution in [3.8, 4) is 0 Å². The van der Waals surface area contributed by atoms with Gasteiger partial charge in [0.15, 0.2) is 6.04 Å². The Balaban J connectivity index is 5.11. The van der Waals surface area contributed by atoms with Gasteiger partial charge in [-0.1, -0.05) is 0 Å². The van der Waals surface area contributed by atoms with Crippen LogP contribution < -0.4 is 21.7 Å². The second-order valence-corrected chi connectivity index (χ2v) is 6.40. The monoisotopic (exact) mass is 394 g/mol. The van der Waals surface area contributed by atoms with Gasteiger partial charge in [-0.15, -0.1) is 0 Å². The molecule has 8 N–H and O–H groups in total. The van der Waals surface area contributed by atoms with E-state index in [-0.39, 0.29) is 13.0 Å². The lowest BCUT2D eigenvalue weighted by molar-refractivity contribution is -0.145. The highest BCUT2D eigenvalue weighted by Crippen LogP contribution is 2.04. The quantitative estimate of drug-likeness (QED) is 0.177. The predicted molar refractivity (Wildman–Crippen MR) is 94.2 cm³/mol. The first-order chi connectivity index (χ1) is 12.2. The van der Waals surface area contributed by atoms with Gasteiger partial charge in [-0.05, 0) is 25.4 Å². The van der Waals surface area contributed by atoms with Crippen LogP contribution in [0.15, 0.2) is 0 Å². The molecule has 0 spiro atoms. The normalized spacial score (nSPS) is 15.3. The molecule has 0 aromatic heterocycles. The fourth-order valence-electron chi connectivity index (χ4n) is 1.87. The van der Waals surface area contributed by atoms with Crippen LogP contribution in [0.3, 0.4) is 0 Å². The van der Waals surface area contributed by atoms with Crippen molar-refractivity contribution < 1.29 is 34.5 Å². The number of carboxylic acids is 1. The lowest BCUT2D eigenvalue weighted by Gasteiger charge is -2.24. The summed E-state index contributed by atoms with van der Waals surface area (Å²) in [7, 11) is 0. The first-order valence-corrected chi connectivity index (χ1v) is 9.18. The van der Waals surface area contributed by atoms with Crippen LogP contribution in [0.25, 0.3) is 0 Å². The maximum absolute atomic E-state index is 12.3. The van der Waals surface area contributed by atoms with Gasteiger partial charge in [0, 0.05) is 0 Å². The van der Waals surface area contributed by atoms with Crippen molar-refractivity contribution in [3.05, 3.63) is 0 Å². The zero-order valence-electron chi connectivity index (χ0n) is 14.6. The van der Waals surface area contributed by atoms with Crippen molar-refractivity contribution in [2.24, 2.45) is 5.73 Å². The molecule has 4 unspecified atom stereocenters. The molecule has 0 radical (unpaired) electrons. The zero-order chi connectivity index (χ0) is 20.3. The first-order valence-electron chi connectivity index (χ1n) is 7.78. The number of aliphatic carboxylic acids is 1. The van der Waals surface area contributed by atoms with Gasteiger partial charge in [-0.2, -0.15) is 11.8 Å². The molecule has 0 fully saturated rings. The number of thioether (sulfide) groups is 1. The Morgan fingerprint density at radius 2 is 1.65 bits per heavy atom. The smallest absolute Gasteiger partial charge is 0.328 e. The SMILES string of the molecule is CSCCC(NC(=O)C(CO)NC(=O)CN)C(=O)NC(C(=O)O)C(C)O. The lowest BCUT2D eigenvalue weighted by atomic mass is 10.1. The molecule has 0 heterocycles. The number of carbonyl (C=O) groups is 4. The Kier molecular flexibility index (Phi) is 11.6. The summed E-state index contributed by atoms with van der Waals surface area (Å²) in [6, 6.07) is -3.95. The number of hydrogen-bond acceptors (Lipinski definition) is 8. The predicted octanol–water partition coefficient (Wildman–Crippen LogP) is -3.39. The van der Waals surface area contributed by atoms with Gasteiger partial charge in [0.25, 0.3) is 0 Å². The molecule has 26 heavy (non-hydrogen) atoms. The average molecular weight is 394 g/mol. The maximum Gasteiger partial charge on any atom is 0.328 e. The van der Waals surface area contributed by atoms with E-state index in [1.165, 1.54) is 18.7 Å². The number of carboxylic acid groups (broad SMARTS) is 1. The molecular weight excluding hydrogens is 368 g/mol. The summed E-state index contributed by atoms with van der Waals surface area (Å²) in [5.74, 6) is -3.23. The molecule has 0 rings (SSSR count). The number of hydrogen-bond donors (Lipinski definition) is 7. The van der Waals surface area contributed by atoms with Crippen LogP contribution in [0, 0.1) is 0 Å². The maximum atomic E-state index is 12.3. The summed E-state index contributed by atoms with van der Waals surface area (Å²) in [6.07, 6.45) is 0.612. The minimum Gasteiger partial charge on any atom is -0.480 e. The van der Waals surface area contributed by atoms with Crippen LogP contribution in [0.1, 0.15) is 13.3 Å². The number of nitrogens with one attached hydrogen (secondary N) is 3. The Morgan fingerprint density at radius 1 is 1.08 bits per heavy atom. The minimum atomic E-state index is -1.54. The van der Waals surface area contributed by atoms with Crippen LogP contribution in [0.4, 0.5) is 0 Å². The number of carbonyl (C=O) groups excluding carboxylic acids is 3. The third-order valence-corrected chi connectivity index (χ3v) is 3.95. The van der Waals surface area contributed by atoms with Crippen molar-refractivity contribution in [2.45, 2.75) is 37.6 Å². The van der Waals surface area contributed by atoms with Crippen LogP contribution in [0.5, 0.6) is 0 Å². The molecule has 0 aliphatic heterocycles. The first kappa shape index (κ1) is 24.1. The second kappa shape index (κ2) is 12.5. The Labute approximate surface area is 155 Å². The number of nitrogens with two attached hydrogens (primary N) is 1. The van der Waals surface area contributed by atoms with Gasteiger partial charge in [-0.25, -0.2) is 4.79 Å². The van der Waals surface area contributed by atoms with Crippen molar-refractivity contribution in [1.29, 1.82) is 0 Å². The van der Waals surface area contributed by atoms with E-state index >= 15 is 0 Å². The van der Waals surface area contributed by atoms with E-state index in [9.17, 15) is 29.4 Å². The zero-order valence-corrected chi connectivity index (χ0v) is 15.4. The molecule has 0 saturated carbocycles. The van der Waals surface area contributed by atoms with Crippen LogP contribution in [0.2, 0.25) is 0 Å². The topological polar surface area (TPSA) is 191 Å². The van der Waals surface area contributed by atoms with E-state index in [0.29, 0.717) is 5.75 Å². The fourth-order valence-corrected chi connectivity index (χ4v) is 2.34. The molecule has 0 aliphatic rings. The van der Waals surface area contributed by atoms with E-state index in [0.717, 1.165) is 0 Å². The molecule has 150 valence electrons. The number of rotatable bonds is 12. The Morgan fingerprint density at radius 3 is 2.08 bits per heavy atom. The highest BCUT2D eigenvalue weighted by atomic mass is 32.2. The fraction of sp³-hybridized carbons (Fsp3) is 0.714. The Hall–Kier alpha value is -1.89. The Bertz CT molecular complexity index is 504. The largest absolute Gasteiger partial charge is 0.480 e.